The van der Waals surface area contributed by atoms with Crippen LogP contribution in [-0.4, -0.2) is 27.4 Å². The van der Waals surface area contributed by atoms with Crippen LogP contribution in [0.2, 0.25) is 0 Å². The maximum Gasteiger partial charge on any atom is 0.263 e. The molecule has 0 amide bonds. The smallest absolute Gasteiger partial charge is 0.263 e. The summed E-state index contributed by atoms with van der Waals surface area (Å²) in [6, 6.07) is 4.30. The quantitative estimate of drug-likeness (QED) is 0.756. The summed E-state index contributed by atoms with van der Waals surface area (Å²) in [5.74, 6) is 0.515. The van der Waals surface area contributed by atoms with Gasteiger partial charge < -0.3 is 15.0 Å². The van der Waals surface area contributed by atoms with Crippen LogP contribution in [0.1, 0.15) is 0 Å². The Hall–Kier alpha value is -2.90. The molecule has 3 N–H and O–H groups in total. The number of halogens is 1. The van der Waals surface area contributed by atoms with Gasteiger partial charge in [-0.3, -0.25) is 5.10 Å². The number of benzene rings is 1. The van der Waals surface area contributed by atoms with Gasteiger partial charge in [0.25, 0.3) is 5.89 Å². The summed E-state index contributed by atoms with van der Waals surface area (Å²) in [6.07, 6.45) is 1.48. The number of nitrogens with two attached hydrogens (primary N) is 1. The molecule has 3 rings (SSSR count). The van der Waals surface area contributed by atoms with Gasteiger partial charge in [0.15, 0.2) is 11.6 Å². The Bertz CT molecular complexity index is 752. The second-order valence-electron chi connectivity index (χ2n) is 3.97. The monoisotopic (exact) mass is 275 g/mol. The fraction of sp³-hybridized carbons (Fsp3) is 0.0833. The minimum absolute atomic E-state index is 0.108. The minimum Gasteiger partial charge on any atom is -0.494 e. The lowest BCUT2D eigenvalue weighted by molar-refractivity contribution is 0.386. The van der Waals surface area contributed by atoms with E-state index in [9.17, 15) is 4.39 Å². The van der Waals surface area contributed by atoms with Gasteiger partial charge in [-0.15, -0.1) is 0 Å². The third-order valence-electron chi connectivity index (χ3n) is 2.73. The highest BCUT2D eigenvalue weighted by atomic mass is 19.1. The molecule has 0 saturated heterocycles. The number of ether oxygens (including phenoxy) is 1. The van der Waals surface area contributed by atoms with Crippen molar-refractivity contribution < 1.29 is 13.7 Å². The fourth-order valence-corrected chi connectivity index (χ4v) is 1.72. The van der Waals surface area contributed by atoms with E-state index in [1.165, 1.54) is 31.5 Å². The number of nitrogens with zero attached hydrogens (tertiary/aromatic N) is 3. The van der Waals surface area contributed by atoms with Crippen molar-refractivity contribution in [2.75, 3.05) is 12.8 Å². The topological polar surface area (TPSA) is 103 Å². The molecule has 0 aliphatic heterocycles. The number of nitrogens with one attached hydrogen (secondary N) is 1. The first kappa shape index (κ1) is 12.2. The number of H-pyrrole nitrogens is 1. The number of hydrogen-bond donors (Lipinski definition) is 2. The fourth-order valence-electron chi connectivity index (χ4n) is 1.72. The Morgan fingerprint density at radius 3 is 2.95 bits per heavy atom. The summed E-state index contributed by atoms with van der Waals surface area (Å²) in [5, 5.41) is 10.2. The molecule has 0 aliphatic rings. The van der Waals surface area contributed by atoms with Crippen LogP contribution in [0.5, 0.6) is 5.75 Å². The molecule has 0 bridgehead atoms. The predicted molar refractivity (Wildman–Crippen MR) is 68.2 cm³/mol. The van der Waals surface area contributed by atoms with Crippen LogP contribution in [0.3, 0.4) is 0 Å². The van der Waals surface area contributed by atoms with Gasteiger partial charge in [-0.05, 0) is 18.2 Å². The molecule has 2 aromatic heterocycles. The van der Waals surface area contributed by atoms with E-state index in [-0.39, 0.29) is 11.6 Å². The van der Waals surface area contributed by atoms with Crippen LogP contribution < -0.4 is 10.5 Å². The van der Waals surface area contributed by atoms with Gasteiger partial charge in [0.2, 0.25) is 5.82 Å². The third-order valence-corrected chi connectivity index (χ3v) is 2.73. The van der Waals surface area contributed by atoms with Gasteiger partial charge in [0.05, 0.1) is 13.3 Å². The van der Waals surface area contributed by atoms with Crippen LogP contribution in [0.4, 0.5) is 10.2 Å². The lowest BCUT2D eigenvalue weighted by atomic mass is 10.2. The molecular weight excluding hydrogens is 265 g/mol. The van der Waals surface area contributed by atoms with E-state index in [0.29, 0.717) is 22.8 Å². The number of nitrogen functional groups attached to an aromatic ring is 1. The lowest BCUT2D eigenvalue weighted by Gasteiger charge is -2.02. The molecule has 7 nitrogen and oxygen atoms in total. The molecule has 8 heteroatoms. The van der Waals surface area contributed by atoms with Crippen LogP contribution in [0, 0.1) is 5.82 Å². The van der Waals surface area contributed by atoms with Crippen molar-refractivity contribution in [1.29, 1.82) is 0 Å². The van der Waals surface area contributed by atoms with Gasteiger partial charge in [-0.1, -0.05) is 5.16 Å². The number of aromatic nitrogens is 4. The van der Waals surface area contributed by atoms with E-state index in [2.05, 4.69) is 20.3 Å². The zero-order valence-corrected chi connectivity index (χ0v) is 10.4. The number of hydrogen-bond acceptors (Lipinski definition) is 6. The van der Waals surface area contributed by atoms with Crippen molar-refractivity contribution in [1.82, 2.24) is 20.3 Å². The normalized spacial score (nSPS) is 10.7. The van der Waals surface area contributed by atoms with Crippen molar-refractivity contribution in [2.45, 2.75) is 0 Å². The zero-order valence-electron chi connectivity index (χ0n) is 10.4. The molecule has 0 radical (unpaired) electrons. The lowest BCUT2D eigenvalue weighted by Crippen LogP contribution is -1.90. The molecule has 0 aliphatic carbocycles. The Balaban J connectivity index is 2.00. The van der Waals surface area contributed by atoms with E-state index in [0.717, 1.165) is 0 Å². The molecular formula is C12H10FN5O2. The van der Waals surface area contributed by atoms with Crippen LogP contribution in [0.15, 0.2) is 28.9 Å². The average molecular weight is 275 g/mol. The highest BCUT2D eigenvalue weighted by molar-refractivity contribution is 5.68. The summed E-state index contributed by atoms with van der Waals surface area (Å²) in [4.78, 5) is 4.19. The summed E-state index contributed by atoms with van der Waals surface area (Å²) >= 11 is 0. The minimum atomic E-state index is -0.459. The number of aromatic amines is 1. The van der Waals surface area contributed by atoms with E-state index in [1.54, 1.807) is 0 Å². The summed E-state index contributed by atoms with van der Waals surface area (Å²) in [6.45, 7) is 0. The van der Waals surface area contributed by atoms with Crippen molar-refractivity contribution in [3.05, 3.63) is 30.2 Å². The summed E-state index contributed by atoms with van der Waals surface area (Å²) in [5.41, 5.74) is 6.75. The Morgan fingerprint density at radius 1 is 1.40 bits per heavy atom. The van der Waals surface area contributed by atoms with E-state index < -0.39 is 5.82 Å². The number of methoxy groups -OCH3 is 1. The first-order valence-corrected chi connectivity index (χ1v) is 5.66. The predicted octanol–water partition coefficient (Wildman–Crippen LogP) is 1.86. The van der Waals surface area contributed by atoms with Gasteiger partial charge in [-0.2, -0.15) is 10.1 Å². The summed E-state index contributed by atoms with van der Waals surface area (Å²) in [7, 11) is 1.38. The second-order valence-corrected chi connectivity index (χ2v) is 3.97. The van der Waals surface area contributed by atoms with E-state index in [1.807, 2.05) is 0 Å². The van der Waals surface area contributed by atoms with E-state index >= 15 is 0 Å². The Morgan fingerprint density at radius 2 is 2.25 bits per heavy atom. The molecule has 0 saturated carbocycles. The molecule has 0 fully saturated rings. The molecule has 102 valence electrons. The first-order valence-electron chi connectivity index (χ1n) is 5.66. The highest BCUT2D eigenvalue weighted by Crippen LogP contribution is 2.27. The summed E-state index contributed by atoms with van der Waals surface area (Å²) < 4.78 is 23.4. The Kier molecular flexibility index (Phi) is 2.82. The van der Waals surface area contributed by atoms with Gasteiger partial charge in [-0.25, -0.2) is 4.39 Å². The van der Waals surface area contributed by atoms with Gasteiger partial charge >= 0.3 is 0 Å². The molecule has 0 spiro atoms. The van der Waals surface area contributed by atoms with Crippen molar-refractivity contribution in [3.63, 3.8) is 0 Å². The molecule has 20 heavy (non-hydrogen) atoms. The van der Waals surface area contributed by atoms with Crippen molar-refractivity contribution in [3.8, 4) is 28.6 Å². The molecule has 2 heterocycles. The largest absolute Gasteiger partial charge is 0.494 e. The van der Waals surface area contributed by atoms with Crippen LogP contribution in [-0.2, 0) is 0 Å². The third kappa shape index (κ3) is 1.96. The van der Waals surface area contributed by atoms with Crippen LogP contribution >= 0.6 is 0 Å². The molecule has 0 unspecified atom stereocenters. The number of anilines is 1. The average Bonchev–Trinajstić information content (AvgIpc) is 3.08. The first-order chi connectivity index (χ1) is 9.69. The van der Waals surface area contributed by atoms with Crippen molar-refractivity contribution in [2.24, 2.45) is 0 Å². The van der Waals surface area contributed by atoms with Gasteiger partial charge in [0.1, 0.15) is 11.4 Å². The standard InChI is InChI=1S/C12H10FN5O2/c1-19-9-4-6(2-3-8(9)13)11-16-12(20-18-11)7-5-15-17-10(7)14/h2-5H,1H3,(H3,14,15,17). The number of rotatable bonds is 3. The molecule has 1 aromatic carbocycles. The molecule has 3 aromatic rings. The molecule has 0 atom stereocenters. The van der Waals surface area contributed by atoms with Crippen LogP contribution in [0.25, 0.3) is 22.8 Å². The maximum absolute atomic E-state index is 13.3. The van der Waals surface area contributed by atoms with E-state index in [4.69, 9.17) is 15.0 Å². The second kappa shape index (κ2) is 4.65. The zero-order chi connectivity index (χ0) is 14.1. The maximum atomic E-state index is 13.3. The van der Waals surface area contributed by atoms with Gasteiger partial charge in [0, 0.05) is 5.56 Å². The highest BCUT2D eigenvalue weighted by Gasteiger charge is 2.15. The SMILES string of the molecule is COc1cc(-c2noc(-c3cn[nH]c3N)n2)ccc1F. The Labute approximate surface area is 112 Å². The van der Waals surface area contributed by atoms with Crippen molar-refractivity contribution >= 4 is 5.82 Å².